The molecule has 2 aromatic carbocycles. The third-order valence-corrected chi connectivity index (χ3v) is 9.20. The van der Waals surface area contributed by atoms with Gasteiger partial charge >= 0.3 is 12.4 Å². The maximum Gasteiger partial charge on any atom is 0.416 e. The van der Waals surface area contributed by atoms with Gasteiger partial charge in [0.2, 0.25) is 9.84 Å². The third-order valence-electron chi connectivity index (χ3n) is 3.98. The standard InChI is InChI=1S/C18H11F6NO4S3/c19-17(20,21)11-8-12(18(22,23)24)10-13(9-11)25-32(28,29)16-7-6-15(30-16)31(26,27)14-4-2-1-3-5-14/h1-10,25H. The van der Waals surface area contributed by atoms with Gasteiger partial charge in [-0.3, -0.25) is 4.72 Å². The largest absolute Gasteiger partial charge is 0.416 e. The molecule has 0 aliphatic rings. The SMILES string of the molecule is O=S(=O)(Nc1cc(C(F)(F)F)cc(C(F)(F)F)c1)c1ccc(S(=O)(=O)c2ccccc2)s1. The predicted octanol–water partition coefficient (Wildman–Crippen LogP) is 5.42. The van der Waals surface area contributed by atoms with Crippen LogP contribution in [0.15, 0.2) is 74.0 Å². The lowest BCUT2D eigenvalue weighted by Crippen LogP contribution is -2.15. The highest BCUT2D eigenvalue weighted by atomic mass is 32.3. The van der Waals surface area contributed by atoms with E-state index in [0.29, 0.717) is 11.3 Å². The third kappa shape index (κ3) is 5.07. The zero-order valence-corrected chi connectivity index (χ0v) is 17.8. The van der Waals surface area contributed by atoms with Crippen LogP contribution in [-0.4, -0.2) is 16.8 Å². The first kappa shape index (κ1) is 24.1. The van der Waals surface area contributed by atoms with Crippen LogP contribution in [0.25, 0.3) is 0 Å². The van der Waals surface area contributed by atoms with E-state index in [-0.39, 0.29) is 27.3 Å². The van der Waals surface area contributed by atoms with Crippen molar-refractivity contribution < 1.29 is 43.2 Å². The maximum absolute atomic E-state index is 13.0. The molecule has 172 valence electrons. The predicted molar refractivity (Wildman–Crippen MR) is 103 cm³/mol. The fourth-order valence-electron chi connectivity index (χ4n) is 2.53. The van der Waals surface area contributed by atoms with E-state index in [0.717, 1.165) is 12.1 Å². The van der Waals surface area contributed by atoms with Crippen molar-refractivity contribution in [3.63, 3.8) is 0 Å². The van der Waals surface area contributed by atoms with E-state index in [2.05, 4.69) is 0 Å². The highest BCUT2D eigenvalue weighted by Gasteiger charge is 2.37. The smallest absolute Gasteiger partial charge is 0.279 e. The van der Waals surface area contributed by atoms with Gasteiger partial charge < -0.3 is 0 Å². The Morgan fingerprint density at radius 3 is 1.69 bits per heavy atom. The molecule has 0 atom stereocenters. The van der Waals surface area contributed by atoms with Crippen molar-refractivity contribution in [3.8, 4) is 0 Å². The maximum atomic E-state index is 13.0. The highest BCUT2D eigenvalue weighted by Crippen LogP contribution is 2.38. The summed E-state index contributed by atoms with van der Waals surface area (Å²) >= 11 is 0.297. The van der Waals surface area contributed by atoms with Crippen LogP contribution in [0.1, 0.15) is 11.1 Å². The van der Waals surface area contributed by atoms with Crippen molar-refractivity contribution in [1.82, 2.24) is 0 Å². The Bertz CT molecular complexity index is 1310. The van der Waals surface area contributed by atoms with Crippen molar-refractivity contribution in [1.29, 1.82) is 0 Å². The molecule has 0 fully saturated rings. The van der Waals surface area contributed by atoms with Gasteiger partial charge in [0.05, 0.1) is 21.7 Å². The Balaban J connectivity index is 1.99. The number of rotatable bonds is 5. The molecule has 14 heteroatoms. The number of nitrogens with one attached hydrogen (secondary N) is 1. The number of alkyl halides is 6. The zero-order chi connectivity index (χ0) is 23.9. The Kier molecular flexibility index (Phi) is 6.08. The second-order valence-electron chi connectivity index (χ2n) is 6.29. The number of hydrogen-bond acceptors (Lipinski definition) is 5. The van der Waals surface area contributed by atoms with Crippen LogP contribution in [0.3, 0.4) is 0 Å². The number of hydrogen-bond donors (Lipinski definition) is 1. The molecule has 0 aliphatic carbocycles. The van der Waals surface area contributed by atoms with E-state index in [9.17, 15) is 43.2 Å². The number of thiophene rings is 1. The molecule has 32 heavy (non-hydrogen) atoms. The molecule has 0 spiro atoms. The first-order valence-corrected chi connectivity index (χ1v) is 12.1. The monoisotopic (exact) mass is 515 g/mol. The minimum atomic E-state index is -5.17. The first-order chi connectivity index (χ1) is 14.6. The topological polar surface area (TPSA) is 80.3 Å². The first-order valence-electron chi connectivity index (χ1n) is 8.33. The second kappa shape index (κ2) is 8.08. The molecule has 1 aromatic heterocycles. The molecule has 0 saturated carbocycles. The molecule has 0 amide bonds. The lowest BCUT2D eigenvalue weighted by Gasteiger charge is -2.15. The molecular weight excluding hydrogens is 504 g/mol. The van der Waals surface area contributed by atoms with Crippen molar-refractivity contribution in [3.05, 3.63) is 71.8 Å². The van der Waals surface area contributed by atoms with Crippen molar-refractivity contribution in [2.24, 2.45) is 0 Å². The number of sulfonamides is 1. The molecule has 0 bridgehead atoms. The van der Waals surface area contributed by atoms with Crippen LogP contribution in [0.2, 0.25) is 0 Å². The lowest BCUT2D eigenvalue weighted by molar-refractivity contribution is -0.143. The molecule has 5 nitrogen and oxygen atoms in total. The summed E-state index contributed by atoms with van der Waals surface area (Å²) in [6.07, 6.45) is -10.3. The summed E-state index contributed by atoms with van der Waals surface area (Å²) in [6.45, 7) is 0. The fourth-order valence-corrected chi connectivity index (χ4v) is 6.76. The molecule has 0 saturated heterocycles. The second-order valence-corrected chi connectivity index (χ2v) is 11.5. The number of sulfone groups is 1. The number of halogens is 6. The van der Waals surface area contributed by atoms with Gasteiger partial charge in [-0.1, -0.05) is 18.2 Å². The van der Waals surface area contributed by atoms with Crippen LogP contribution in [0.4, 0.5) is 32.0 Å². The van der Waals surface area contributed by atoms with E-state index >= 15 is 0 Å². The van der Waals surface area contributed by atoms with Gasteiger partial charge in [-0.15, -0.1) is 11.3 Å². The van der Waals surface area contributed by atoms with Gasteiger partial charge in [0.1, 0.15) is 8.42 Å². The van der Waals surface area contributed by atoms with Crippen molar-refractivity contribution >= 4 is 36.9 Å². The van der Waals surface area contributed by atoms with Crippen LogP contribution in [-0.2, 0) is 32.2 Å². The molecule has 0 radical (unpaired) electrons. The van der Waals surface area contributed by atoms with Crippen LogP contribution in [0.5, 0.6) is 0 Å². The normalized spacial score (nSPS) is 13.2. The van der Waals surface area contributed by atoms with Crippen LogP contribution >= 0.6 is 11.3 Å². The average Bonchev–Trinajstić information content (AvgIpc) is 3.19. The van der Waals surface area contributed by atoms with E-state index < -0.39 is 53.2 Å². The molecular formula is C18H11F6NO4S3. The average molecular weight is 515 g/mol. The minimum absolute atomic E-state index is 0.119. The molecule has 1 heterocycles. The molecule has 3 rings (SSSR count). The molecule has 1 N–H and O–H groups in total. The van der Waals surface area contributed by atoms with E-state index in [4.69, 9.17) is 0 Å². The minimum Gasteiger partial charge on any atom is -0.279 e. The summed E-state index contributed by atoms with van der Waals surface area (Å²) in [4.78, 5) is -0.119. The molecule has 3 aromatic rings. The van der Waals surface area contributed by atoms with Crippen LogP contribution < -0.4 is 4.72 Å². The lowest BCUT2D eigenvalue weighted by atomic mass is 10.1. The van der Waals surface area contributed by atoms with E-state index in [1.165, 1.54) is 24.3 Å². The quantitative estimate of drug-likeness (QED) is 0.461. The van der Waals surface area contributed by atoms with Gasteiger partial charge in [0.25, 0.3) is 10.0 Å². The summed E-state index contributed by atoms with van der Waals surface area (Å²) in [6, 6.07) is 9.17. The molecule has 0 unspecified atom stereocenters. The van der Waals surface area contributed by atoms with Gasteiger partial charge in [-0.2, -0.15) is 26.3 Å². The van der Waals surface area contributed by atoms with Gasteiger partial charge in [0, 0.05) is 0 Å². The Labute approximate surface area is 182 Å². The summed E-state index contributed by atoms with van der Waals surface area (Å²) < 4.78 is 129. The van der Waals surface area contributed by atoms with Gasteiger partial charge in [-0.25, -0.2) is 16.8 Å². The number of anilines is 1. The summed E-state index contributed by atoms with van der Waals surface area (Å²) in [5.41, 5.74) is -4.39. The number of benzene rings is 2. The van der Waals surface area contributed by atoms with E-state index in [1.807, 2.05) is 0 Å². The van der Waals surface area contributed by atoms with E-state index in [1.54, 1.807) is 10.8 Å². The highest BCUT2D eigenvalue weighted by molar-refractivity contribution is 7.96. The zero-order valence-electron chi connectivity index (χ0n) is 15.4. The Morgan fingerprint density at radius 1 is 0.688 bits per heavy atom. The van der Waals surface area contributed by atoms with Gasteiger partial charge in [0.15, 0.2) is 0 Å². The van der Waals surface area contributed by atoms with Gasteiger partial charge in [-0.05, 0) is 42.5 Å². The summed E-state index contributed by atoms with van der Waals surface area (Å²) in [7, 11) is -8.76. The summed E-state index contributed by atoms with van der Waals surface area (Å²) in [5, 5.41) is 0. The Hall–Kier alpha value is -2.58. The van der Waals surface area contributed by atoms with Crippen molar-refractivity contribution in [2.45, 2.75) is 25.7 Å². The Morgan fingerprint density at radius 2 is 1.19 bits per heavy atom. The molecule has 0 aliphatic heterocycles. The fraction of sp³-hybridized carbons (Fsp3) is 0.111. The van der Waals surface area contributed by atoms with Crippen LogP contribution in [0, 0.1) is 0 Å². The van der Waals surface area contributed by atoms with Crippen molar-refractivity contribution in [2.75, 3.05) is 4.72 Å². The summed E-state index contributed by atoms with van der Waals surface area (Å²) in [5.74, 6) is 0.